The highest BCUT2D eigenvalue weighted by molar-refractivity contribution is 5.83. The molecule has 0 bridgehead atoms. The molecule has 38 heavy (non-hydrogen) atoms. The lowest BCUT2D eigenvalue weighted by molar-refractivity contribution is -0.124. The van der Waals surface area contributed by atoms with E-state index in [4.69, 9.17) is 10.5 Å². The number of hydrogen-bond donors (Lipinski definition) is 5. The van der Waals surface area contributed by atoms with E-state index in [1.807, 2.05) is 0 Å². The van der Waals surface area contributed by atoms with Gasteiger partial charge in [0.15, 0.2) is 0 Å². The van der Waals surface area contributed by atoms with Crippen LogP contribution < -0.4 is 16.4 Å². The molecule has 0 aromatic carbocycles. The Bertz CT molecular complexity index is 935. The van der Waals surface area contributed by atoms with Gasteiger partial charge in [-0.25, -0.2) is 14.3 Å². The van der Waals surface area contributed by atoms with Crippen molar-refractivity contribution < 1.29 is 29.3 Å². The van der Waals surface area contributed by atoms with Crippen molar-refractivity contribution >= 4 is 17.9 Å². The van der Waals surface area contributed by atoms with E-state index in [2.05, 4.69) is 15.6 Å². The third-order valence-corrected chi connectivity index (χ3v) is 7.25. The number of nitrogens with zero attached hydrogens (tertiary/aromatic N) is 2. The van der Waals surface area contributed by atoms with Gasteiger partial charge in [0, 0.05) is 25.6 Å². The maximum absolute atomic E-state index is 12.7. The molecule has 3 rings (SSSR count). The van der Waals surface area contributed by atoms with Crippen LogP contribution in [0.1, 0.15) is 84.3 Å². The number of amides is 2. The molecule has 1 heterocycles. The van der Waals surface area contributed by atoms with Crippen LogP contribution in [0.4, 0.5) is 4.79 Å². The first kappa shape index (κ1) is 30.0. The number of hydrogen-bond acceptors (Lipinski definition) is 8. The van der Waals surface area contributed by atoms with Crippen LogP contribution in [-0.2, 0) is 20.7 Å². The number of aliphatic hydroxyl groups excluding tert-OH is 2. The summed E-state index contributed by atoms with van der Waals surface area (Å²) in [5.41, 5.74) is 5.80. The van der Waals surface area contributed by atoms with Crippen LogP contribution in [0, 0.1) is 11.8 Å². The Kier molecular flexibility index (Phi) is 10.7. The van der Waals surface area contributed by atoms with Crippen molar-refractivity contribution in [1.29, 1.82) is 0 Å². The highest BCUT2D eigenvalue weighted by Gasteiger charge is 2.39. The van der Waals surface area contributed by atoms with Crippen molar-refractivity contribution in [2.75, 3.05) is 6.54 Å². The molecule has 1 aromatic rings. The van der Waals surface area contributed by atoms with E-state index in [-0.39, 0.29) is 31.2 Å². The Hall–Kier alpha value is -2.50. The summed E-state index contributed by atoms with van der Waals surface area (Å²) in [4.78, 5) is 41.6. The molecule has 2 aliphatic carbocycles. The average Bonchev–Trinajstić information content (AvgIpc) is 3.60. The summed E-state index contributed by atoms with van der Waals surface area (Å²) in [7, 11) is 0. The Morgan fingerprint density at radius 2 is 1.84 bits per heavy atom. The first-order valence-corrected chi connectivity index (χ1v) is 13.9. The number of carbonyl (C=O) groups is 3. The molecule has 2 aliphatic rings. The Morgan fingerprint density at radius 1 is 1.16 bits per heavy atom. The van der Waals surface area contributed by atoms with Gasteiger partial charge in [-0.15, -0.1) is 0 Å². The quantitative estimate of drug-likeness (QED) is 0.269. The van der Waals surface area contributed by atoms with Crippen LogP contribution >= 0.6 is 0 Å². The first-order chi connectivity index (χ1) is 17.9. The number of ether oxygens (including phenoxy) is 1. The lowest BCUT2D eigenvalue weighted by atomic mass is 9.82. The van der Waals surface area contributed by atoms with Gasteiger partial charge in [-0.2, -0.15) is 0 Å². The molecular formula is C27H45N5O6. The number of carbonyl (C=O) groups excluding carboxylic acids is 3. The summed E-state index contributed by atoms with van der Waals surface area (Å²) in [5.74, 6) is -0.243. The summed E-state index contributed by atoms with van der Waals surface area (Å²) in [6, 6.07) is -1.47. The van der Waals surface area contributed by atoms with Crippen molar-refractivity contribution in [3.8, 4) is 0 Å². The largest absolute Gasteiger partial charge is 0.443 e. The molecule has 2 fully saturated rings. The molecule has 4 atom stereocenters. The molecule has 6 N–H and O–H groups in total. The molecule has 0 radical (unpaired) electrons. The van der Waals surface area contributed by atoms with Gasteiger partial charge in [0.1, 0.15) is 18.0 Å². The van der Waals surface area contributed by atoms with Crippen LogP contribution in [0.2, 0.25) is 0 Å². The minimum atomic E-state index is -1.01. The molecule has 1 unspecified atom stereocenters. The fourth-order valence-corrected chi connectivity index (χ4v) is 5.00. The lowest BCUT2D eigenvalue weighted by Gasteiger charge is -2.32. The van der Waals surface area contributed by atoms with E-state index in [9.17, 15) is 24.6 Å². The number of imidazole rings is 1. The second-order valence-electron chi connectivity index (χ2n) is 11.8. The topological polar surface area (TPSA) is 169 Å². The molecule has 2 saturated carbocycles. The standard InChI is InChI=1S/C27H45N5O6/c1-27(2,3)38-26(37)32-16-29-15-19(32)14-20(28)25(36)30-12-11-22(33)31-21(13-17-7-5-4-6-8-17)24(35)23(34)18-9-10-18/h15-18,20-21,23-24,34-35H,4-14,28H2,1-3H3,(H,30,36)(H,31,33)/t20?,21-,23-,24+/m0/s1. The van der Waals surface area contributed by atoms with Gasteiger partial charge in [-0.1, -0.05) is 32.1 Å². The Labute approximate surface area is 224 Å². The summed E-state index contributed by atoms with van der Waals surface area (Å²) < 4.78 is 6.57. The van der Waals surface area contributed by atoms with Crippen molar-refractivity contribution in [2.45, 2.75) is 115 Å². The molecule has 11 nitrogen and oxygen atoms in total. The molecular weight excluding hydrogens is 490 g/mol. The molecule has 2 amide bonds. The molecule has 11 heteroatoms. The van der Waals surface area contributed by atoms with E-state index in [0.717, 1.165) is 38.5 Å². The van der Waals surface area contributed by atoms with Gasteiger partial charge in [0.2, 0.25) is 11.8 Å². The SMILES string of the molecule is CC(C)(C)OC(=O)n1cncc1CC(N)C(=O)NCCC(=O)N[C@@H](CC1CCCCC1)[C@@H](O)[C@@H](O)C1CC1. The molecule has 0 aliphatic heterocycles. The van der Waals surface area contributed by atoms with Crippen molar-refractivity contribution in [3.05, 3.63) is 18.2 Å². The average molecular weight is 536 g/mol. The van der Waals surface area contributed by atoms with Crippen molar-refractivity contribution in [1.82, 2.24) is 20.2 Å². The second kappa shape index (κ2) is 13.5. The monoisotopic (exact) mass is 535 g/mol. The fraction of sp³-hybridized carbons (Fsp3) is 0.778. The minimum absolute atomic E-state index is 0.0156. The van der Waals surface area contributed by atoms with Gasteiger partial charge in [-0.3, -0.25) is 9.59 Å². The van der Waals surface area contributed by atoms with Gasteiger partial charge in [0.05, 0.1) is 23.9 Å². The number of nitrogens with one attached hydrogen (secondary N) is 2. The minimum Gasteiger partial charge on any atom is -0.443 e. The smallest absolute Gasteiger partial charge is 0.420 e. The van der Waals surface area contributed by atoms with Crippen LogP contribution in [0.15, 0.2) is 12.5 Å². The number of nitrogens with two attached hydrogens (primary N) is 1. The van der Waals surface area contributed by atoms with Crippen molar-refractivity contribution in [3.63, 3.8) is 0 Å². The molecule has 1 aromatic heterocycles. The van der Waals surface area contributed by atoms with E-state index >= 15 is 0 Å². The van der Waals surface area contributed by atoms with Crippen LogP contribution in [0.3, 0.4) is 0 Å². The van der Waals surface area contributed by atoms with E-state index in [1.165, 1.54) is 23.5 Å². The zero-order valence-corrected chi connectivity index (χ0v) is 22.9. The summed E-state index contributed by atoms with van der Waals surface area (Å²) in [5, 5.41) is 26.9. The van der Waals surface area contributed by atoms with Crippen LogP contribution in [-0.4, -0.2) is 74.1 Å². The van der Waals surface area contributed by atoms with Gasteiger partial charge in [-0.05, 0) is 51.9 Å². The Morgan fingerprint density at radius 3 is 2.47 bits per heavy atom. The zero-order valence-electron chi connectivity index (χ0n) is 22.9. The normalized spacial score (nSPS) is 19.7. The first-order valence-electron chi connectivity index (χ1n) is 13.9. The summed E-state index contributed by atoms with van der Waals surface area (Å²) in [6.07, 6.45) is 8.48. The summed E-state index contributed by atoms with van der Waals surface area (Å²) in [6.45, 7) is 5.34. The molecule has 0 spiro atoms. The number of aromatic nitrogens is 2. The maximum Gasteiger partial charge on any atom is 0.420 e. The third-order valence-electron chi connectivity index (χ3n) is 7.25. The molecule has 0 saturated heterocycles. The van der Waals surface area contributed by atoms with Crippen molar-refractivity contribution in [2.24, 2.45) is 17.6 Å². The lowest BCUT2D eigenvalue weighted by Crippen LogP contribution is -2.51. The predicted octanol–water partition coefficient (Wildman–Crippen LogP) is 1.63. The predicted molar refractivity (Wildman–Crippen MR) is 141 cm³/mol. The van der Waals surface area contributed by atoms with E-state index < -0.39 is 41.9 Å². The van der Waals surface area contributed by atoms with E-state index in [1.54, 1.807) is 20.8 Å². The number of aliphatic hydroxyl groups is 2. The van der Waals surface area contributed by atoms with E-state index in [0.29, 0.717) is 18.0 Å². The van der Waals surface area contributed by atoms with Crippen LogP contribution in [0.5, 0.6) is 0 Å². The second-order valence-corrected chi connectivity index (χ2v) is 11.8. The highest BCUT2D eigenvalue weighted by Crippen LogP contribution is 2.36. The third kappa shape index (κ3) is 9.36. The van der Waals surface area contributed by atoms with Crippen LogP contribution in [0.25, 0.3) is 0 Å². The highest BCUT2D eigenvalue weighted by atomic mass is 16.6. The maximum atomic E-state index is 12.7. The van der Waals surface area contributed by atoms with Gasteiger partial charge < -0.3 is 31.3 Å². The van der Waals surface area contributed by atoms with Gasteiger partial charge >= 0.3 is 6.09 Å². The Balaban J connectivity index is 1.46. The molecule has 214 valence electrons. The number of rotatable bonds is 12. The van der Waals surface area contributed by atoms with Gasteiger partial charge in [0.25, 0.3) is 0 Å². The summed E-state index contributed by atoms with van der Waals surface area (Å²) >= 11 is 0. The fourth-order valence-electron chi connectivity index (χ4n) is 5.00. The zero-order chi connectivity index (χ0) is 27.9.